The summed E-state index contributed by atoms with van der Waals surface area (Å²) in [5.74, 6) is 0. The molecule has 0 fully saturated rings. The van der Waals surface area contributed by atoms with Crippen LogP contribution in [-0.2, 0) is 9.84 Å². The maximum Gasteiger partial charge on any atom is 0.175 e. The molecule has 3 aromatic rings. The highest BCUT2D eigenvalue weighted by atomic mass is 35.5. The number of benzene rings is 1. The van der Waals surface area contributed by atoms with E-state index in [-0.39, 0.29) is 4.90 Å². The third-order valence-electron chi connectivity index (χ3n) is 2.89. The van der Waals surface area contributed by atoms with E-state index < -0.39 is 9.84 Å². The van der Waals surface area contributed by atoms with Crippen LogP contribution in [0.15, 0.2) is 47.5 Å². The number of hydrogen-bond donors (Lipinski definition) is 0. The van der Waals surface area contributed by atoms with Crippen molar-refractivity contribution in [2.45, 2.75) is 4.90 Å². The molecule has 3 rings (SSSR count). The minimum atomic E-state index is -3.25. The van der Waals surface area contributed by atoms with Gasteiger partial charge in [-0.3, -0.25) is 0 Å². The van der Waals surface area contributed by atoms with Gasteiger partial charge in [-0.25, -0.2) is 17.9 Å². The van der Waals surface area contributed by atoms with Gasteiger partial charge in [0, 0.05) is 11.8 Å². The molecule has 5 nitrogen and oxygen atoms in total. The quantitative estimate of drug-likeness (QED) is 0.729. The minimum absolute atomic E-state index is 0.256. The predicted molar refractivity (Wildman–Crippen MR) is 76.5 cm³/mol. The molecule has 0 bridgehead atoms. The summed E-state index contributed by atoms with van der Waals surface area (Å²) in [6.45, 7) is 0. The zero-order chi connectivity index (χ0) is 14.3. The topological polar surface area (TPSA) is 64.3 Å². The fraction of sp³-hybridized carbons (Fsp3) is 0.0769. The van der Waals surface area contributed by atoms with Gasteiger partial charge in [0.05, 0.1) is 16.8 Å². The monoisotopic (exact) mass is 307 g/mol. The van der Waals surface area contributed by atoms with Crippen LogP contribution in [0.3, 0.4) is 0 Å². The number of aromatic nitrogens is 3. The van der Waals surface area contributed by atoms with Gasteiger partial charge in [-0.05, 0) is 24.3 Å². The average molecular weight is 308 g/mol. The molecule has 102 valence electrons. The standard InChI is InChI=1S/C13H10ClN3O2S/c1-20(18,19)10-4-2-3-9(7-10)11-8-15-13-6-5-12(14)16-17(11)13/h2-8H,1H3. The zero-order valence-electron chi connectivity index (χ0n) is 10.5. The number of rotatable bonds is 2. The van der Waals surface area contributed by atoms with Crippen LogP contribution >= 0.6 is 11.6 Å². The third-order valence-corrected chi connectivity index (χ3v) is 4.20. The van der Waals surface area contributed by atoms with E-state index in [1.807, 2.05) is 0 Å². The summed E-state index contributed by atoms with van der Waals surface area (Å²) < 4.78 is 24.8. The van der Waals surface area contributed by atoms with Crippen molar-refractivity contribution in [2.24, 2.45) is 0 Å². The van der Waals surface area contributed by atoms with Crippen LogP contribution in [0.4, 0.5) is 0 Å². The minimum Gasteiger partial charge on any atom is -0.235 e. The number of hydrogen-bond acceptors (Lipinski definition) is 4. The maximum absolute atomic E-state index is 11.6. The van der Waals surface area contributed by atoms with Gasteiger partial charge in [0.15, 0.2) is 15.5 Å². The molecule has 0 saturated carbocycles. The van der Waals surface area contributed by atoms with Crippen molar-refractivity contribution in [3.63, 3.8) is 0 Å². The molecule has 2 aromatic heterocycles. The van der Waals surface area contributed by atoms with Gasteiger partial charge >= 0.3 is 0 Å². The smallest absolute Gasteiger partial charge is 0.175 e. The van der Waals surface area contributed by atoms with Crippen molar-refractivity contribution in [3.05, 3.63) is 47.7 Å². The molecule has 7 heteroatoms. The molecular weight excluding hydrogens is 298 g/mol. The molecule has 0 atom stereocenters. The summed E-state index contributed by atoms with van der Waals surface area (Å²) in [6, 6.07) is 10.1. The molecule has 0 spiro atoms. The predicted octanol–water partition coefficient (Wildman–Crippen LogP) is 2.45. The highest BCUT2D eigenvalue weighted by Gasteiger charge is 2.11. The van der Waals surface area contributed by atoms with Gasteiger partial charge in [0.2, 0.25) is 0 Å². The van der Waals surface area contributed by atoms with Gasteiger partial charge in [-0.15, -0.1) is 0 Å². The maximum atomic E-state index is 11.6. The largest absolute Gasteiger partial charge is 0.235 e. The van der Waals surface area contributed by atoms with E-state index in [1.165, 1.54) is 6.26 Å². The number of nitrogens with zero attached hydrogens (tertiary/aromatic N) is 3. The first kappa shape index (κ1) is 13.1. The van der Waals surface area contributed by atoms with E-state index in [1.54, 1.807) is 47.1 Å². The normalized spacial score (nSPS) is 11.9. The van der Waals surface area contributed by atoms with Crippen LogP contribution in [0.25, 0.3) is 16.9 Å². The summed E-state index contributed by atoms with van der Waals surface area (Å²) in [4.78, 5) is 4.48. The van der Waals surface area contributed by atoms with Gasteiger partial charge in [-0.2, -0.15) is 5.10 Å². The van der Waals surface area contributed by atoms with Crippen LogP contribution in [0.5, 0.6) is 0 Å². The fourth-order valence-electron chi connectivity index (χ4n) is 1.93. The molecule has 0 unspecified atom stereocenters. The fourth-order valence-corrected chi connectivity index (χ4v) is 2.74. The Morgan fingerprint density at radius 3 is 2.75 bits per heavy atom. The Bertz CT molecular complexity index is 903. The first-order chi connectivity index (χ1) is 9.45. The van der Waals surface area contributed by atoms with Gasteiger partial charge in [0.25, 0.3) is 0 Å². The summed E-state index contributed by atoms with van der Waals surface area (Å²) in [7, 11) is -3.25. The van der Waals surface area contributed by atoms with Crippen molar-refractivity contribution in [3.8, 4) is 11.3 Å². The molecular formula is C13H10ClN3O2S. The Balaban J connectivity index is 2.23. The molecule has 0 aliphatic rings. The zero-order valence-corrected chi connectivity index (χ0v) is 12.1. The van der Waals surface area contributed by atoms with Crippen molar-refractivity contribution in [1.29, 1.82) is 0 Å². The SMILES string of the molecule is CS(=O)(=O)c1cccc(-c2cnc3ccc(Cl)nn23)c1. The Kier molecular flexibility index (Phi) is 2.99. The van der Waals surface area contributed by atoms with Crippen molar-refractivity contribution < 1.29 is 8.42 Å². The molecule has 0 saturated heterocycles. The van der Waals surface area contributed by atoms with Crippen LogP contribution in [-0.4, -0.2) is 29.3 Å². The first-order valence-corrected chi connectivity index (χ1v) is 8.03. The Hall–Kier alpha value is -1.92. The van der Waals surface area contributed by atoms with Crippen LogP contribution in [0, 0.1) is 0 Å². The molecule has 1 aromatic carbocycles. The molecule has 0 aliphatic carbocycles. The number of fused-ring (bicyclic) bond motifs is 1. The number of imidazole rings is 1. The molecule has 2 heterocycles. The van der Waals surface area contributed by atoms with Crippen LogP contribution in [0.1, 0.15) is 0 Å². The second kappa shape index (κ2) is 4.57. The summed E-state index contributed by atoms with van der Waals surface area (Å²) in [6.07, 6.45) is 2.82. The van der Waals surface area contributed by atoms with Crippen molar-refractivity contribution >= 4 is 27.1 Å². The number of halogens is 1. The Morgan fingerprint density at radius 1 is 1.20 bits per heavy atom. The lowest BCUT2D eigenvalue weighted by atomic mass is 10.2. The lowest BCUT2D eigenvalue weighted by Crippen LogP contribution is -1.98. The Labute approximate surface area is 120 Å². The summed E-state index contributed by atoms with van der Waals surface area (Å²) in [5.41, 5.74) is 2.05. The van der Waals surface area contributed by atoms with E-state index in [4.69, 9.17) is 11.6 Å². The lowest BCUT2D eigenvalue weighted by Gasteiger charge is -2.04. The average Bonchev–Trinajstić information content (AvgIpc) is 2.81. The lowest BCUT2D eigenvalue weighted by molar-refractivity contribution is 0.602. The molecule has 0 N–H and O–H groups in total. The van der Waals surface area contributed by atoms with Gasteiger partial charge in [-0.1, -0.05) is 23.7 Å². The first-order valence-electron chi connectivity index (χ1n) is 5.76. The van der Waals surface area contributed by atoms with E-state index in [9.17, 15) is 8.42 Å². The van der Waals surface area contributed by atoms with Gasteiger partial charge in [0.1, 0.15) is 5.15 Å². The molecule has 20 heavy (non-hydrogen) atoms. The molecule has 0 aliphatic heterocycles. The van der Waals surface area contributed by atoms with Crippen LogP contribution in [0.2, 0.25) is 5.15 Å². The van der Waals surface area contributed by atoms with E-state index >= 15 is 0 Å². The van der Waals surface area contributed by atoms with Crippen molar-refractivity contribution in [1.82, 2.24) is 14.6 Å². The number of sulfone groups is 1. The highest BCUT2D eigenvalue weighted by molar-refractivity contribution is 7.90. The second-order valence-electron chi connectivity index (χ2n) is 4.37. The summed E-state index contributed by atoms with van der Waals surface area (Å²) in [5, 5.41) is 4.52. The van der Waals surface area contributed by atoms with E-state index in [0.717, 1.165) is 5.56 Å². The van der Waals surface area contributed by atoms with E-state index in [0.29, 0.717) is 16.5 Å². The Morgan fingerprint density at radius 2 is 2.00 bits per heavy atom. The van der Waals surface area contributed by atoms with E-state index in [2.05, 4.69) is 10.1 Å². The second-order valence-corrected chi connectivity index (χ2v) is 6.77. The molecule has 0 radical (unpaired) electrons. The van der Waals surface area contributed by atoms with Crippen molar-refractivity contribution in [2.75, 3.05) is 6.26 Å². The highest BCUT2D eigenvalue weighted by Crippen LogP contribution is 2.23. The summed E-state index contributed by atoms with van der Waals surface area (Å²) >= 11 is 5.88. The van der Waals surface area contributed by atoms with Gasteiger partial charge < -0.3 is 0 Å². The van der Waals surface area contributed by atoms with Crippen LogP contribution < -0.4 is 0 Å². The molecule has 0 amide bonds. The third kappa shape index (κ3) is 2.28.